The highest BCUT2D eigenvalue weighted by atomic mass is 32.2. The number of para-hydroxylation sites is 1. The lowest BCUT2D eigenvalue weighted by Crippen LogP contribution is -2.25. The van der Waals surface area contributed by atoms with Gasteiger partial charge in [0.15, 0.2) is 5.16 Å². The molecule has 4 aromatic rings. The van der Waals surface area contributed by atoms with Gasteiger partial charge in [0, 0.05) is 17.8 Å². The Kier molecular flexibility index (Phi) is 8.74. The number of fused-ring (bicyclic) bond motifs is 1. The highest BCUT2D eigenvalue weighted by molar-refractivity contribution is 7.99. The number of carbonyl (C=O) groups is 2. The van der Waals surface area contributed by atoms with Crippen LogP contribution in [0.25, 0.3) is 10.9 Å². The van der Waals surface area contributed by atoms with Crippen molar-refractivity contribution in [1.29, 1.82) is 0 Å². The summed E-state index contributed by atoms with van der Waals surface area (Å²) in [6, 6.07) is 22.1. The lowest BCUT2D eigenvalue weighted by Gasteiger charge is -2.14. The molecule has 0 saturated carbocycles. The average Bonchev–Trinajstić information content (AvgIpc) is 2.92. The van der Waals surface area contributed by atoms with Gasteiger partial charge in [-0.15, -0.1) is 0 Å². The first kappa shape index (κ1) is 26.2. The quantitative estimate of drug-likeness (QED) is 0.232. The van der Waals surface area contributed by atoms with Crippen LogP contribution in [-0.4, -0.2) is 33.7 Å². The number of aromatic nitrogens is 2. The Bertz CT molecular complexity index is 1460. The van der Waals surface area contributed by atoms with E-state index in [1.54, 1.807) is 28.8 Å². The number of nitrogens with zero attached hydrogens (tertiary/aromatic N) is 2. The van der Waals surface area contributed by atoms with Crippen molar-refractivity contribution in [3.05, 3.63) is 99.8 Å². The average molecular weight is 515 g/mol. The summed E-state index contributed by atoms with van der Waals surface area (Å²) in [6.07, 6.45) is 1.75. The Hall–Kier alpha value is -3.91. The smallest absolute Gasteiger partial charge is 0.262 e. The Morgan fingerprint density at radius 1 is 0.946 bits per heavy atom. The van der Waals surface area contributed by atoms with E-state index in [9.17, 15) is 14.4 Å². The van der Waals surface area contributed by atoms with Crippen LogP contribution in [0.3, 0.4) is 0 Å². The summed E-state index contributed by atoms with van der Waals surface area (Å²) in [5.74, 6) is -0.183. The minimum absolute atomic E-state index is 0.109. The van der Waals surface area contributed by atoms with Crippen molar-refractivity contribution in [2.24, 2.45) is 0 Å². The largest absolute Gasteiger partial charge is 0.352 e. The third kappa shape index (κ3) is 6.65. The summed E-state index contributed by atoms with van der Waals surface area (Å²) >= 11 is 1.23. The van der Waals surface area contributed by atoms with Gasteiger partial charge in [0.05, 0.1) is 23.2 Å². The van der Waals surface area contributed by atoms with Gasteiger partial charge in [-0.1, -0.05) is 62.0 Å². The van der Waals surface area contributed by atoms with Gasteiger partial charge in [-0.05, 0) is 60.4 Å². The molecule has 0 spiro atoms. The fourth-order valence-corrected chi connectivity index (χ4v) is 4.68. The van der Waals surface area contributed by atoms with Gasteiger partial charge in [-0.3, -0.25) is 19.0 Å². The summed E-state index contributed by atoms with van der Waals surface area (Å²) < 4.78 is 1.59. The predicted octanol–water partition coefficient (Wildman–Crippen LogP) is 4.88. The van der Waals surface area contributed by atoms with E-state index >= 15 is 0 Å². The number of thioether (sulfide) groups is 1. The molecule has 0 aliphatic rings. The molecule has 7 nitrogen and oxygen atoms in total. The summed E-state index contributed by atoms with van der Waals surface area (Å²) in [7, 11) is 0. The minimum atomic E-state index is -0.172. The molecular weight excluding hydrogens is 484 g/mol. The number of hydrogen-bond donors (Lipinski definition) is 2. The fourth-order valence-electron chi connectivity index (χ4n) is 3.88. The molecule has 3 aromatic carbocycles. The van der Waals surface area contributed by atoms with Crippen molar-refractivity contribution < 1.29 is 9.59 Å². The molecule has 0 aliphatic heterocycles. The molecule has 8 heteroatoms. The number of carbonyl (C=O) groups excluding carboxylic acids is 2. The third-order valence-corrected chi connectivity index (χ3v) is 6.85. The van der Waals surface area contributed by atoms with E-state index in [4.69, 9.17) is 4.98 Å². The Morgan fingerprint density at radius 2 is 1.73 bits per heavy atom. The molecule has 0 aliphatic carbocycles. The SMILES string of the molecule is CCCNC(=O)c1ccc(Cn2c(SCC(=O)Nc3cccc(CC)c3)nc3ccccc3c2=O)cc1. The Labute approximate surface area is 220 Å². The van der Waals surface area contributed by atoms with Crippen LogP contribution in [0.1, 0.15) is 41.8 Å². The van der Waals surface area contributed by atoms with Crippen molar-refractivity contribution in [3.63, 3.8) is 0 Å². The molecule has 0 atom stereocenters. The monoisotopic (exact) mass is 514 g/mol. The van der Waals surface area contributed by atoms with Crippen LogP contribution in [0.5, 0.6) is 0 Å². The molecule has 0 unspecified atom stereocenters. The van der Waals surface area contributed by atoms with Crippen LogP contribution in [0.15, 0.2) is 82.7 Å². The summed E-state index contributed by atoms with van der Waals surface area (Å²) in [6.45, 7) is 4.96. The standard InChI is InChI=1S/C29H30N4O3S/c1-3-16-30-27(35)22-14-12-21(13-15-22)18-33-28(36)24-10-5-6-11-25(24)32-29(33)37-19-26(34)31-23-9-7-8-20(4-2)17-23/h5-15,17H,3-4,16,18-19H2,1-2H3,(H,30,35)(H,31,34). The maximum absolute atomic E-state index is 13.4. The molecule has 0 saturated heterocycles. The van der Waals surface area contributed by atoms with Crippen molar-refractivity contribution >= 4 is 40.2 Å². The van der Waals surface area contributed by atoms with E-state index < -0.39 is 0 Å². The molecule has 1 aromatic heterocycles. The molecule has 2 amide bonds. The molecule has 37 heavy (non-hydrogen) atoms. The first-order valence-electron chi connectivity index (χ1n) is 12.4. The molecule has 190 valence electrons. The summed E-state index contributed by atoms with van der Waals surface area (Å²) in [5.41, 5.74) is 3.73. The summed E-state index contributed by atoms with van der Waals surface area (Å²) in [5, 5.41) is 6.77. The first-order valence-corrected chi connectivity index (χ1v) is 13.3. The molecular formula is C29H30N4O3S. The molecule has 0 fully saturated rings. The second kappa shape index (κ2) is 12.4. The zero-order valence-electron chi connectivity index (χ0n) is 21.0. The van der Waals surface area contributed by atoms with E-state index in [0.29, 0.717) is 28.2 Å². The highest BCUT2D eigenvalue weighted by Crippen LogP contribution is 2.20. The zero-order chi connectivity index (χ0) is 26.2. The van der Waals surface area contributed by atoms with E-state index in [0.717, 1.165) is 29.7 Å². The van der Waals surface area contributed by atoms with Crippen molar-refractivity contribution in [2.45, 2.75) is 38.4 Å². The van der Waals surface area contributed by atoms with Gasteiger partial charge in [0.1, 0.15) is 0 Å². The van der Waals surface area contributed by atoms with E-state index in [-0.39, 0.29) is 29.7 Å². The van der Waals surface area contributed by atoms with Crippen LogP contribution in [0.4, 0.5) is 5.69 Å². The maximum atomic E-state index is 13.4. The lowest BCUT2D eigenvalue weighted by molar-refractivity contribution is -0.113. The Morgan fingerprint density at radius 3 is 2.49 bits per heavy atom. The highest BCUT2D eigenvalue weighted by Gasteiger charge is 2.14. The number of aryl methyl sites for hydroxylation is 1. The Balaban J connectivity index is 1.55. The van der Waals surface area contributed by atoms with E-state index in [2.05, 4.69) is 17.6 Å². The third-order valence-electron chi connectivity index (χ3n) is 5.87. The minimum Gasteiger partial charge on any atom is -0.352 e. The van der Waals surface area contributed by atoms with Crippen LogP contribution >= 0.6 is 11.8 Å². The van der Waals surface area contributed by atoms with Gasteiger partial charge in [-0.25, -0.2) is 4.98 Å². The summed E-state index contributed by atoms with van der Waals surface area (Å²) in [4.78, 5) is 43.0. The number of rotatable bonds is 10. The topological polar surface area (TPSA) is 93.1 Å². The van der Waals surface area contributed by atoms with Crippen molar-refractivity contribution in [1.82, 2.24) is 14.9 Å². The van der Waals surface area contributed by atoms with Crippen LogP contribution in [-0.2, 0) is 17.8 Å². The molecule has 1 heterocycles. The van der Waals surface area contributed by atoms with Crippen molar-refractivity contribution in [2.75, 3.05) is 17.6 Å². The normalized spacial score (nSPS) is 10.9. The molecule has 0 bridgehead atoms. The van der Waals surface area contributed by atoms with Crippen LogP contribution < -0.4 is 16.2 Å². The number of hydrogen-bond acceptors (Lipinski definition) is 5. The predicted molar refractivity (Wildman–Crippen MR) is 149 cm³/mol. The molecule has 2 N–H and O–H groups in total. The van der Waals surface area contributed by atoms with Gasteiger partial charge in [-0.2, -0.15) is 0 Å². The lowest BCUT2D eigenvalue weighted by atomic mass is 10.1. The number of anilines is 1. The van der Waals surface area contributed by atoms with E-state index in [1.165, 1.54) is 11.8 Å². The zero-order valence-corrected chi connectivity index (χ0v) is 21.8. The second-order valence-electron chi connectivity index (χ2n) is 8.65. The second-order valence-corrected chi connectivity index (χ2v) is 9.59. The number of nitrogens with one attached hydrogen (secondary N) is 2. The first-order chi connectivity index (χ1) is 18.0. The molecule has 0 radical (unpaired) electrons. The fraction of sp³-hybridized carbons (Fsp3) is 0.241. The van der Waals surface area contributed by atoms with Crippen LogP contribution in [0.2, 0.25) is 0 Å². The number of benzene rings is 3. The van der Waals surface area contributed by atoms with Gasteiger partial charge in [0.25, 0.3) is 11.5 Å². The van der Waals surface area contributed by atoms with Gasteiger partial charge in [0.2, 0.25) is 5.91 Å². The maximum Gasteiger partial charge on any atom is 0.262 e. The van der Waals surface area contributed by atoms with E-state index in [1.807, 2.05) is 55.5 Å². The van der Waals surface area contributed by atoms with Crippen molar-refractivity contribution in [3.8, 4) is 0 Å². The molecule has 4 rings (SSSR count). The van der Waals surface area contributed by atoms with Gasteiger partial charge < -0.3 is 10.6 Å². The van der Waals surface area contributed by atoms with Crippen LogP contribution in [0, 0.1) is 0 Å². The van der Waals surface area contributed by atoms with Gasteiger partial charge >= 0.3 is 0 Å². The number of amides is 2.